The number of hydrogen-bond donors (Lipinski definition) is 0. The van der Waals surface area contributed by atoms with E-state index in [0.29, 0.717) is 0 Å². The third-order valence-electron chi connectivity index (χ3n) is 1.82. The van der Waals surface area contributed by atoms with Crippen molar-refractivity contribution in [2.24, 2.45) is 0 Å². The molecule has 1 aromatic rings. The van der Waals surface area contributed by atoms with Gasteiger partial charge < -0.3 is 0 Å². The van der Waals surface area contributed by atoms with E-state index in [9.17, 15) is 8.78 Å². The van der Waals surface area contributed by atoms with E-state index in [1.165, 1.54) is 13.0 Å². The summed E-state index contributed by atoms with van der Waals surface area (Å²) in [4.78, 5) is 0. The Balaban J connectivity index is 3.57. The Bertz CT molecular complexity index is 402. The summed E-state index contributed by atoms with van der Waals surface area (Å²) in [5.74, 6) is -1.30. The highest BCUT2D eigenvalue weighted by molar-refractivity contribution is 5.55. The van der Waals surface area contributed by atoms with Gasteiger partial charge in [0.25, 0.3) is 0 Å². The first-order valence-electron chi connectivity index (χ1n) is 3.63. The molecule has 13 heavy (non-hydrogen) atoms. The molecule has 0 bridgehead atoms. The van der Waals surface area contributed by atoms with Crippen LogP contribution in [0.15, 0.2) is 12.6 Å². The van der Waals surface area contributed by atoms with Crippen molar-refractivity contribution in [1.82, 2.24) is 0 Å². The van der Waals surface area contributed by atoms with E-state index in [0.717, 1.165) is 6.07 Å². The van der Waals surface area contributed by atoms with Crippen molar-refractivity contribution in [2.75, 3.05) is 0 Å². The Hall–Kier alpha value is -1.69. The van der Waals surface area contributed by atoms with Gasteiger partial charge in [0.05, 0.1) is 5.56 Å². The molecule has 0 unspecified atom stereocenters. The first kappa shape index (κ1) is 9.40. The fraction of sp³-hybridized carbons (Fsp3) is 0.100. The normalized spacial score (nSPS) is 9.38. The summed E-state index contributed by atoms with van der Waals surface area (Å²) in [6.45, 7) is 4.77. The van der Waals surface area contributed by atoms with Crippen LogP contribution in [0.5, 0.6) is 0 Å². The Morgan fingerprint density at radius 2 is 2.15 bits per heavy atom. The summed E-state index contributed by atoms with van der Waals surface area (Å²) in [6, 6.07) is 2.45. The topological polar surface area (TPSA) is 23.8 Å². The Labute approximate surface area is 74.9 Å². The van der Waals surface area contributed by atoms with E-state index >= 15 is 0 Å². The molecular weight excluding hydrogens is 172 g/mol. The molecule has 1 aromatic carbocycles. The predicted molar refractivity (Wildman–Crippen MR) is 45.9 cm³/mol. The molecule has 0 saturated heterocycles. The smallest absolute Gasteiger partial charge is 0.144 e. The van der Waals surface area contributed by atoms with Crippen molar-refractivity contribution in [1.29, 1.82) is 5.26 Å². The van der Waals surface area contributed by atoms with Gasteiger partial charge in [0.2, 0.25) is 0 Å². The molecule has 0 aliphatic carbocycles. The van der Waals surface area contributed by atoms with Gasteiger partial charge in [-0.1, -0.05) is 12.7 Å². The van der Waals surface area contributed by atoms with Crippen LogP contribution in [0.2, 0.25) is 0 Å². The highest BCUT2D eigenvalue weighted by Crippen LogP contribution is 2.20. The van der Waals surface area contributed by atoms with Gasteiger partial charge >= 0.3 is 0 Å². The molecule has 0 aliphatic heterocycles. The molecule has 0 saturated carbocycles. The SMILES string of the molecule is C=Cc1c(F)cc(C#N)c(F)c1C. The van der Waals surface area contributed by atoms with Crippen molar-refractivity contribution in [3.63, 3.8) is 0 Å². The zero-order chi connectivity index (χ0) is 10.0. The maximum absolute atomic E-state index is 13.2. The lowest BCUT2D eigenvalue weighted by atomic mass is 10.0. The summed E-state index contributed by atoms with van der Waals surface area (Å²) in [5.41, 5.74) is -0.0522. The summed E-state index contributed by atoms with van der Waals surface area (Å²) in [6.07, 6.45) is 1.23. The average Bonchev–Trinajstić information content (AvgIpc) is 2.12. The molecular formula is C10H7F2N. The molecule has 0 aromatic heterocycles. The van der Waals surface area contributed by atoms with Crippen molar-refractivity contribution >= 4 is 6.08 Å². The maximum atomic E-state index is 13.2. The van der Waals surface area contributed by atoms with Crippen LogP contribution in [0.1, 0.15) is 16.7 Å². The molecule has 0 amide bonds. The largest absolute Gasteiger partial charge is 0.206 e. The minimum atomic E-state index is -0.682. The molecule has 1 rings (SSSR count). The number of halogens is 2. The quantitative estimate of drug-likeness (QED) is 0.650. The fourth-order valence-electron chi connectivity index (χ4n) is 1.10. The van der Waals surface area contributed by atoms with Crippen LogP contribution in [-0.2, 0) is 0 Å². The zero-order valence-corrected chi connectivity index (χ0v) is 7.06. The van der Waals surface area contributed by atoms with Crippen LogP contribution in [-0.4, -0.2) is 0 Å². The predicted octanol–water partition coefficient (Wildman–Crippen LogP) is 2.79. The number of nitriles is 1. The number of hydrogen-bond acceptors (Lipinski definition) is 1. The first-order valence-corrected chi connectivity index (χ1v) is 3.63. The summed E-state index contributed by atoms with van der Waals surface area (Å²) >= 11 is 0. The van der Waals surface area contributed by atoms with Crippen molar-refractivity contribution in [3.05, 3.63) is 41.0 Å². The molecule has 0 atom stereocenters. The average molecular weight is 179 g/mol. The zero-order valence-electron chi connectivity index (χ0n) is 7.06. The fourth-order valence-corrected chi connectivity index (χ4v) is 1.10. The lowest BCUT2D eigenvalue weighted by Gasteiger charge is -2.04. The molecule has 0 radical (unpaired) electrons. The molecule has 0 fully saturated rings. The lowest BCUT2D eigenvalue weighted by molar-refractivity contribution is 0.587. The Morgan fingerprint density at radius 3 is 2.62 bits per heavy atom. The van der Waals surface area contributed by atoms with Crippen LogP contribution >= 0.6 is 0 Å². The third-order valence-corrected chi connectivity index (χ3v) is 1.82. The second-order valence-corrected chi connectivity index (χ2v) is 2.57. The minimum Gasteiger partial charge on any atom is -0.206 e. The lowest BCUT2D eigenvalue weighted by Crippen LogP contribution is -1.96. The summed E-state index contributed by atoms with van der Waals surface area (Å²) in [5, 5.41) is 8.45. The van der Waals surface area contributed by atoms with E-state index in [4.69, 9.17) is 5.26 Å². The van der Waals surface area contributed by atoms with Gasteiger partial charge in [0.1, 0.15) is 17.7 Å². The Morgan fingerprint density at radius 1 is 1.54 bits per heavy atom. The van der Waals surface area contributed by atoms with Gasteiger partial charge in [-0.15, -0.1) is 0 Å². The van der Waals surface area contributed by atoms with E-state index in [1.807, 2.05) is 0 Å². The molecule has 0 N–H and O–H groups in total. The van der Waals surface area contributed by atoms with Crippen LogP contribution in [0.4, 0.5) is 8.78 Å². The van der Waals surface area contributed by atoms with Gasteiger partial charge in [0.15, 0.2) is 0 Å². The van der Waals surface area contributed by atoms with E-state index in [1.54, 1.807) is 6.07 Å². The summed E-state index contributed by atoms with van der Waals surface area (Å²) < 4.78 is 26.3. The molecule has 0 aliphatic rings. The van der Waals surface area contributed by atoms with Crippen LogP contribution < -0.4 is 0 Å². The second kappa shape index (κ2) is 3.36. The molecule has 66 valence electrons. The number of benzene rings is 1. The van der Waals surface area contributed by atoms with Gasteiger partial charge in [-0.25, -0.2) is 8.78 Å². The van der Waals surface area contributed by atoms with E-state index in [-0.39, 0.29) is 16.7 Å². The van der Waals surface area contributed by atoms with Gasteiger partial charge in [0, 0.05) is 5.56 Å². The number of nitrogens with zero attached hydrogens (tertiary/aromatic N) is 1. The molecule has 3 heteroatoms. The van der Waals surface area contributed by atoms with Crippen molar-refractivity contribution < 1.29 is 8.78 Å². The molecule has 0 spiro atoms. The minimum absolute atomic E-state index is 0.108. The Kier molecular flexibility index (Phi) is 2.43. The van der Waals surface area contributed by atoms with Crippen LogP contribution in [0.3, 0.4) is 0 Å². The monoisotopic (exact) mass is 179 g/mol. The maximum Gasteiger partial charge on any atom is 0.144 e. The standard InChI is InChI=1S/C10H7F2N/c1-3-8-6(2)10(12)7(5-13)4-9(8)11/h3-4H,1H2,2H3. The van der Waals surface area contributed by atoms with Crippen LogP contribution in [0.25, 0.3) is 6.08 Å². The molecule has 0 heterocycles. The van der Waals surface area contributed by atoms with Gasteiger partial charge in [-0.05, 0) is 18.6 Å². The first-order chi connectivity index (χ1) is 6.11. The van der Waals surface area contributed by atoms with E-state index < -0.39 is 11.6 Å². The highest BCUT2D eigenvalue weighted by atomic mass is 19.1. The highest BCUT2D eigenvalue weighted by Gasteiger charge is 2.12. The van der Waals surface area contributed by atoms with E-state index in [2.05, 4.69) is 6.58 Å². The second-order valence-electron chi connectivity index (χ2n) is 2.57. The van der Waals surface area contributed by atoms with Crippen LogP contribution in [0, 0.1) is 29.9 Å². The number of rotatable bonds is 1. The van der Waals surface area contributed by atoms with Crippen molar-refractivity contribution in [3.8, 4) is 6.07 Å². The summed E-state index contributed by atoms with van der Waals surface area (Å²) in [7, 11) is 0. The third kappa shape index (κ3) is 1.43. The molecule has 1 nitrogen and oxygen atoms in total. The van der Waals surface area contributed by atoms with Crippen molar-refractivity contribution in [2.45, 2.75) is 6.92 Å². The van der Waals surface area contributed by atoms with Gasteiger partial charge in [-0.2, -0.15) is 5.26 Å². The van der Waals surface area contributed by atoms with Gasteiger partial charge in [-0.3, -0.25) is 0 Å².